The molecule has 132 valence electrons. The molecule has 1 N–H and O–H groups in total. The first-order valence-electron chi connectivity index (χ1n) is 7.95. The molecule has 1 fully saturated rings. The normalized spacial score (nSPS) is 16.8. The van der Waals surface area contributed by atoms with E-state index in [1.165, 1.54) is 0 Å². The second kappa shape index (κ2) is 9.47. The van der Waals surface area contributed by atoms with E-state index in [4.69, 9.17) is 4.74 Å². The molecule has 1 aliphatic heterocycles. The largest absolute Gasteiger partial charge is 0.494 e. The lowest BCUT2D eigenvalue weighted by molar-refractivity contribution is 0.263. The zero-order valence-electron chi connectivity index (χ0n) is 13.8. The molecule has 0 unspecified atom stereocenters. The van der Waals surface area contributed by atoms with Crippen molar-refractivity contribution in [2.45, 2.75) is 31.1 Å². The monoisotopic (exact) mass is 362 g/mol. The van der Waals surface area contributed by atoms with Crippen LogP contribution in [0.25, 0.3) is 0 Å². The van der Waals surface area contributed by atoms with Crippen molar-refractivity contribution in [3.63, 3.8) is 0 Å². The van der Waals surface area contributed by atoms with Gasteiger partial charge in [-0.3, -0.25) is 0 Å². The Morgan fingerprint density at radius 2 is 2.00 bits per heavy atom. The highest BCUT2D eigenvalue weighted by molar-refractivity contribution is 7.89. The van der Waals surface area contributed by atoms with E-state index in [0.717, 1.165) is 25.8 Å². The first-order valence-corrected chi connectivity index (χ1v) is 9.39. The highest BCUT2D eigenvalue weighted by Crippen LogP contribution is 2.27. The number of sulfonamides is 1. The third-order valence-electron chi connectivity index (χ3n) is 4.13. The topological polar surface area (TPSA) is 58.6 Å². The minimum absolute atomic E-state index is 0. The predicted octanol–water partition coefficient (Wildman–Crippen LogP) is 2.52. The van der Waals surface area contributed by atoms with Gasteiger partial charge < -0.3 is 10.1 Å². The van der Waals surface area contributed by atoms with Crippen molar-refractivity contribution >= 4 is 22.4 Å². The molecule has 7 heteroatoms. The van der Waals surface area contributed by atoms with E-state index in [1.54, 1.807) is 28.6 Å². The Morgan fingerprint density at radius 1 is 1.30 bits per heavy atom. The molecule has 1 aliphatic rings. The van der Waals surface area contributed by atoms with Crippen molar-refractivity contribution in [1.82, 2.24) is 9.62 Å². The third-order valence-corrected chi connectivity index (χ3v) is 6.03. The summed E-state index contributed by atoms with van der Waals surface area (Å²) in [5.74, 6) is 1.22. The standard InChI is InChI=1S/C16H26N2O3S.ClH/c1-3-21-15-5-4-6-16(13-15)22(19,20)18-11-8-14(9-12-18)7-10-17-2;/h4-6,13-14,17H,3,7-12H2,1-2H3;1H. The third kappa shape index (κ3) is 5.35. The van der Waals surface area contributed by atoms with E-state index in [0.29, 0.717) is 36.3 Å². The molecule has 23 heavy (non-hydrogen) atoms. The second-order valence-electron chi connectivity index (χ2n) is 5.65. The molecular formula is C16H27ClN2O3S. The van der Waals surface area contributed by atoms with Gasteiger partial charge in [0.15, 0.2) is 0 Å². The fourth-order valence-electron chi connectivity index (χ4n) is 2.83. The molecule has 0 spiro atoms. The van der Waals surface area contributed by atoms with Gasteiger partial charge in [-0.05, 0) is 57.8 Å². The molecule has 1 heterocycles. The van der Waals surface area contributed by atoms with Crippen LogP contribution in [0.3, 0.4) is 0 Å². The average molecular weight is 363 g/mol. The highest BCUT2D eigenvalue weighted by Gasteiger charge is 2.29. The van der Waals surface area contributed by atoms with Crippen LogP contribution in [0.15, 0.2) is 29.2 Å². The Labute approximate surface area is 145 Å². The molecule has 0 atom stereocenters. The predicted molar refractivity (Wildman–Crippen MR) is 94.9 cm³/mol. The summed E-state index contributed by atoms with van der Waals surface area (Å²) in [7, 11) is -1.46. The lowest BCUT2D eigenvalue weighted by Crippen LogP contribution is -2.38. The fourth-order valence-corrected chi connectivity index (χ4v) is 4.33. The van der Waals surface area contributed by atoms with Crippen LogP contribution in [-0.4, -0.2) is 46.0 Å². The van der Waals surface area contributed by atoms with Crippen LogP contribution in [0, 0.1) is 5.92 Å². The number of nitrogens with zero attached hydrogens (tertiary/aromatic N) is 1. The van der Waals surface area contributed by atoms with Crippen LogP contribution in [0.5, 0.6) is 5.75 Å². The van der Waals surface area contributed by atoms with Crippen molar-refractivity contribution in [3.8, 4) is 5.75 Å². The van der Waals surface area contributed by atoms with Crippen LogP contribution in [-0.2, 0) is 10.0 Å². The van der Waals surface area contributed by atoms with Gasteiger partial charge in [0.2, 0.25) is 10.0 Å². The van der Waals surface area contributed by atoms with Crippen molar-refractivity contribution in [1.29, 1.82) is 0 Å². The number of benzene rings is 1. The summed E-state index contributed by atoms with van der Waals surface area (Å²) in [5, 5.41) is 3.15. The zero-order valence-corrected chi connectivity index (χ0v) is 15.5. The summed E-state index contributed by atoms with van der Waals surface area (Å²) in [6, 6.07) is 6.78. The van der Waals surface area contributed by atoms with Gasteiger partial charge >= 0.3 is 0 Å². The van der Waals surface area contributed by atoms with E-state index < -0.39 is 10.0 Å². The Hall–Kier alpha value is -0.820. The molecule has 1 saturated heterocycles. The van der Waals surface area contributed by atoms with Gasteiger partial charge in [-0.2, -0.15) is 4.31 Å². The number of rotatable bonds is 7. The molecule has 1 aromatic rings. The van der Waals surface area contributed by atoms with E-state index in [-0.39, 0.29) is 12.4 Å². The number of hydrogen-bond acceptors (Lipinski definition) is 4. The maximum atomic E-state index is 12.7. The molecule has 0 saturated carbocycles. The second-order valence-corrected chi connectivity index (χ2v) is 7.59. The molecule has 0 radical (unpaired) electrons. The zero-order chi connectivity index (χ0) is 16.0. The van der Waals surface area contributed by atoms with Crippen molar-refractivity contribution in [3.05, 3.63) is 24.3 Å². The van der Waals surface area contributed by atoms with Crippen molar-refractivity contribution in [2.75, 3.05) is 33.3 Å². The van der Waals surface area contributed by atoms with Gasteiger partial charge in [-0.1, -0.05) is 6.07 Å². The molecule has 1 aromatic carbocycles. The van der Waals surface area contributed by atoms with Gasteiger partial charge in [0.05, 0.1) is 11.5 Å². The van der Waals surface area contributed by atoms with Crippen LogP contribution in [0.2, 0.25) is 0 Å². The Balaban J connectivity index is 0.00000264. The summed E-state index contributed by atoms with van der Waals surface area (Å²) in [6.45, 7) is 4.62. The minimum Gasteiger partial charge on any atom is -0.494 e. The summed E-state index contributed by atoms with van der Waals surface area (Å²) in [4.78, 5) is 0.326. The highest BCUT2D eigenvalue weighted by atomic mass is 35.5. The number of piperidine rings is 1. The maximum Gasteiger partial charge on any atom is 0.243 e. The summed E-state index contributed by atoms with van der Waals surface area (Å²) in [5.41, 5.74) is 0. The molecule has 0 bridgehead atoms. The minimum atomic E-state index is -3.41. The summed E-state index contributed by atoms with van der Waals surface area (Å²) >= 11 is 0. The number of hydrogen-bond donors (Lipinski definition) is 1. The Morgan fingerprint density at radius 3 is 2.61 bits per heavy atom. The molecule has 0 aromatic heterocycles. The van der Waals surface area contributed by atoms with E-state index >= 15 is 0 Å². The average Bonchev–Trinajstić information content (AvgIpc) is 2.54. The van der Waals surface area contributed by atoms with E-state index in [9.17, 15) is 8.42 Å². The van der Waals surface area contributed by atoms with Gasteiger partial charge in [0, 0.05) is 19.2 Å². The number of nitrogens with one attached hydrogen (secondary N) is 1. The molecular weight excluding hydrogens is 336 g/mol. The fraction of sp³-hybridized carbons (Fsp3) is 0.625. The van der Waals surface area contributed by atoms with Crippen LogP contribution in [0.1, 0.15) is 26.2 Å². The van der Waals surface area contributed by atoms with E-state index in [1.807, 2.05) is 14.0 Å². The van der Waals surface area contributed by atoms with Crippen LogP contribution in [0.4, 0.5) is 0 Å². The lowest BCUT2D eigenvalue weighted by atomic mass is 9.95. The van der Waals surface area contributed by atoms with Crippen LogP contribution < -0.4 is 10.1 Å². The maximum absolute atomic E-state index is 12.7. The van der Waals surface area contributed by atoms with Crippen molar-refractivity contribution in [2.24, 2.45) is 5.92 Å². The molecule has 5 nitrogen and oxygen atoms in total. The molecule has 0 amide bonds. The smallest absolute Gasteiger partial charge is 0.243 e. The quantitative estimate of drug-likeness (QED) is 0.809. The van der Waals surface area contributed by atoms with Gasteiger partial charge in [-0.25, -0.2) is 8.42 Å². The summed E-state index contributed by atoms with van der Waals surface area (Å²) < 4.78 is 32.5. The van der Waals surface area contributed by atoms with Gasteiger partial charge in [0.1, 0.15) is 5.75 Å². The molecule has 0 aliphatic carbocycles. The lowest BCUT2D eigenvalue weighted by Gasteiger charge is -2.31. The first kappa shape index (κ1) is 20.2. The summed E-state index contributed by atoms with van der Waals surface area (Å²) in [6.07, 6.45) is 2.99. The van der Waals surface area contributed by atoms with E-state index in [2.05, 4.69) is 5.32 Å². The van der Waals surface area contributed by atoms with Crippen LogP contribution >= 0.6 is 12.4 Å². The first-order chi connectivity index (χ1) is 10.6. The van der Waals surface area contributed by atoms with Gasteiger partial charge in [-0.15, -0.1) is 12.4 Å². The van der Waals surface area contributed by atoms with Gasteiger partial charge in [0.25, 0.3) is 0 Å². The molecule has 2 rings (SSSR count). The van der Waals surface area contributed by atoms with Crippen molar-refractivity contribution < 1.29 is 13.2 Å². The number of halogens is 1. The Kier molecular flexibility index (Phi) is 8.33. The number of ether oxygens (including phenoxy) is 1. The SMILES string of the molecule is CCOc1cccc(S(=O)(=O)N2CCC(CCNC)CC2)c1.Cl. The Bertz CT molecular complexity index is 572.